The summed E-state index contributed by atoms with van der Waals surface area (Å²) in [5, 5.41) is 0. The van der Waals surface area contributed by atoms with E-state index < -0.39 is 44.5 Å². The van der Waals surface area contributed by atoms with Gasteiger partial charge in [0.2, 0.25) is 0 Å². The van der Waals surface area contributed by atoms with E-state index in [0.717, 1.165) is 14.7 Å². The van der Waals surface area contributed by atoms with E-state index in [2.05, 4.69) is 0 Å². The Labute approximate surface area is 203 Å². The highest BCUT2D eigenvalue weighted by Crippen LogP contribution is 2.51. The number of carbonyl (C=O) groups is 1. The minimum Gasteiger partial charge on any atom is -0.422 e. The molecule has 10 heteroatoms. The van der Waals surface area contributed by atoms with Crippen LogP contribution in [-0.4, -0.2) is 5.97 Å². The van der Waals surface area contributed by atoms with Crippen molar-refractivity contribution in [3.63, 3.8) is 0 Å². The van der Waals surface area contributed by atoms with E-state index in [-0.39, 0.29) is 23.2 Å². The molecule has 0 bridgehead atoms. The van der Waals surface area contributed by atoms with Crippen LogP contribution in [0.4, 0.5) is 26.3 Å². The molecule has 0 amide bonds. The molecule has 0 saturated heterocycles. The third-order valence-electron chi connectivity index (χ3n) is 4.83. The molecule has 3 aromatic carbocycles. The Morgan fingerprint density at radius 1 is 0.686 bits per heavy atom. The van der Waals surface area contributed by atoms with E-state index in [0.29, 0.717) is 0 Å². The van der Waals surface area contributed by atoms with Crippen molar-refractivity contribution in [3.05, 3.63) is 106 Å². The van der Waals surface area contributed by atoms with Gasteiger partial charge in [0.25, 0.3) is 0 Å². The highest BCUT2D eigenvalue weighted by Gasteiger charge is 2.46. The van der Waals surface area contributed by atoms with Gasteiger partial charge < -0.3 is 4.74 Å². The predicted octanol–water partition coefficient (Wildman–Crippen LogP) is 8.48. The third-order valence-corrected chi connectivity index (χ3v) is 8.43. The fraction of sp³-hybridized carbons (Fsp3) is 0.0800. The molecule has 0 aliphatic carbocycles. The van der Waals surface area contributed by atoms with Crippen molar-refractivity contribution in [1.29, 1.82) is 0 Å². The molecular formula is C25H16F6O2S2. The molecule has 0 radical (unpaired) electrons. The van der Waals surface area contributed by atoms with Crippen LogP contribution in [0.3, 0.4) is 0 Å². The molecule has 0 aliphatic heterocycles. The Hall–Kier alpha value is -3.24. The molecule has 0 N–H and O–H groups in total. The van der Waals surface area contributed by atoms with Crippen molar-refractivity contribution in [2.75, 3.05) is 0 Å². The summed E-state index contributed by atoms with van der Waals surface area (Å²) >= 11 is -0.293. The Balaban J connectivity index is 1.60. The lowest BCUT2D eigenvalue weighted by Gasteiger charge is -2.23. The van der Waals surface area contributed by atoms with Gasteiger partial charge in [0.05, 0.1) is 5.56 Å². The Morgan fingerprint density at radius 3 is 1.60 bits per heavy atom. The number of rotatable bonds is 5. The number of alkyl halides is 6. The molecule has 0 spiro atoms. The van der Waals surface area contributed by atoms with E-state index in [1.807, 2.05) is 60.7 Å². The van der Waals surface area contributed by atoms with E-state index in [9.17, 15) is 31.1 Å². The summed E-state index contributed by atoms with van der Waals surface area (Å²) < 4.78 is 83.3. The topological polar surface area (TPSA) is 26.3 Å². The zero-order valence-electron chi connectivity index (χ0n) is 17.6. The van der Waals surface area contributed by atoms with E-state index in [1.165, 1.54) is 12.1 Å². The molecule has 1 aromatic heterocycles. The standard InChI is InChI=1S/C25H16F6O2S2/c26-24(27,28)20-15-21(34-22(20)25(29,30)31)23(32)33-16-11-13-19(14-12-16)35(17-7-3-1-4-8-17)18-9-5-2-6-10-18/h1-15,35H. The number of halogens is 6. The minimum atomic E-state index is -5.26. The predicted molar refractivity (Wildman–Crippen MR) is 122 cm³/mol. The molecule has 0 unspecified atom stereocenters. The lowest BCUT2D eigenvalue weighted by atomic mass is 10.2. The first-order valence-corrected chi connectivity index (χ1v) is 12.2. The Morgan fingerprint density at radius 2 is 1.17 bits per heavy atom. The van der Waals surface area contributed by atoms with Gasteiger partial charge in [-0.2, -0.15) is 37.2 Å². The Bertz CT molecular complexity index is 1230. The number of ether oxygens (including phenoxy) is 1. The summed E-state index contributed by atoms with van der Waals surface area (Å²) in [6.07, 6.45) is -10.5. The SMILES string of the molecule is O=C(Oc1ccc([SH](c2ccccc2)c2ccccc2)cc1)c1cc(C(F)(F)F)c(C(F)(F)F)s1. The van der Waals surface area contributed by atoms with Gasteiger partial charge in [-0.3, -0.25) is 0 Å². The second kappa shape index (κ2) is 9.79. The van der Waals surface area contributed by atoms with Crippen LogP contribution >= 0.6 is 22.2 Å². The normalized spacial score (nSPS) is 12.3. The monoisotopic (exact) mass is 526 g/mol. The second-order valence-electron chi connectivity index (χ2n) is 7.24. The molecule has 4 aromatic rings. The smallest absolute Gasteiger partial charge is 0.422 e. The zero-order chi connectivity index (χ0) is 25.2. The molecule has 0 aliphatic rings. The average Bonchev–Trinajstić information content (AvgIpc) is 3.29. The summed E-state index contributed by atoms with van der Waals surface area (Å²) in [7, 11) is -0.938. The molecule has 35 heavy (non-hydrogen) atoms. The second-order valence-corrected chi connectivity index (χ2v) is 10.5. The van der Waals surface area contributed by atoms with Crippen molar-refractivity contribution < 1.29 is 35.9 Å². The summed E-state index contributed by atoms with van der Waals surface area (Å²) in [6.45, 7) is 0. The first-order valence-electron chi connectivity index (χ1n) is 10.0. The van der Waals surface area contributed by atoms with Gasteiger partial charge in [-0.25, -0.2) is 4.79 Å². The van der Waals surface area contributed by atoms with Crippen LogP contribution in [0.15, 0.2) is 106 Å². The maximum absolute atomic E-state index is 13.0. The van der Waals surface area contributed by atoms with Gasteiger partial charge in [-0.1, -0.05) is 36.4 Å². The lowest BCUT2D eigenvalue weighted by Crippen LogP contribution is -2.13. The fourth-order valence-electron chi connectivity index (χ4n) is 3.33. The fourth-order valence-corrected chi connectivity index (χ4v) is 6.54. The van der Waals surface area contributed by atoms with E-state index in [1.54, 1.807) is 12.1 Å². The quantitative estimate of drug-likeness (QED) is 0.122. The number of thiophene rings is 1. The maximum Gasteiger partial charge on any atom is 0.426 e. The van der Waals surface area contributed by atoms with Crippen molar-refractivity contribution >= 4 is 28.2 Å². The highest BCUT2D eigenvalue weighted by atomic mass is 32.2. The van der Waals surface area contributed by atoms with Crippen LogP contribution in [0.2, 0.25) is 0 Å². The molecule has 0 atom stereocenters. The van der Waals surface area contributed by atoms with Crippen LogP contribution in [0.5, 0.6) is 5.75 Å². The number of thiol groups is 1. The lowest BCUT2D eigenvalue weighted by molar-refractivity contribution is -0.159. The van der Waals surface area contributed by atoms with Crippen LogP contribution in [-0.2, 0) is 12.4 Å². The molecule has 4 rings (SSSR count). The first-order chi connectivity index (χ1) is 16.5. The van der Waals surface area contributed by atoms with Crippen LogP contribution < -0.4 is 4.74 Å². The summed E-state index contributed by atoms with van der Waals surface area (Å²) in [5.74, 6) is -1.29. The molecule has 182 valence electrons. The molecule has 2 nitrogen and oxygen atoms in total. The highest BCUT2D eigenvalue weighted by molar-refractivity contribution is 8.17. The average molecular weight is 527 g/mol. The van der Waals surface area contributed by atoms with Gasteiger partial charge in [0.1, 0.15) is 15.5 Å². The van der Waals surface area contributed by atoms with E-state index in [4.69, 9.17) is 4.74 Å². The van der Waals surface area contributed by atoms with Gasteiger partial charge in [0, 0.05) is 0 Å². The Kier molecular flexibility index (Phi) is 6.95. The molecule has 0 fully saturated rings. The number of esters is 1. The number of hydrogen-bond donors (Lipinski definition) is 1. The van der Waals surface area contributed by atoms with E-state index >= 15 is 0 Å². The minimum absolute atomic E-state index is 0.00495. The van der Waals surface area contributed by atoms with Gasteiger partial charge in [-0.05, 0) is 69.3 Å². The maximum atomic E-state index is 13.0. The van der Waals surface area contributed by atoms with Crippen LogP contribution in [0.25, 0.3) is 0 Å². The number of hydrogen-bond acceptors (Lipinski definition) is 3. The van der Waals surface area contributed by atoms with Crippen molar-refractivity contribution in [2.24, 2.45) is 0 Å². The van der Waals surface area contributed by atoms with Gasteiger partial charge in [0.15, 0.2) is 0 Å². The largest absolute Gasteiger partial charge is 0.426 e. The van der Waals surface area contributed by atoms with Crippen molar-refractivity contribution in [2.45, 2.75) is 27.0 Å². The van der Waals surface area contributed by atoms with Crippen molar-refractivity contribution in [3.8, 4) is 5.75 Å². The van der Waals surface area contributed by atoms with Gasteiger partial charge >= 0.3 is 18.3 Å². The van der Waals surface area contributed by atoms with Crippen LogP contribution in [0.1, 0.15) is 20.1 Å². The summed E-state index contributed by atoms with van der Waals surface area (Å²) in [5.41, 5.74) is -1.91. The summed E-state index contributed by atoms with van der Waals surface area (Å²) in [6, 6.07) is 26.1. The third kappa shape index (κ3) is 5.71. The van der Waals surface area contributed by atoms with Gasteiger partial charge in [-0.15, -0.1) is 11.3 Å². The van der Waals surface area contributed by atoms with Crippen molar-refractivity contribution in [1.82, 2.24) is 0 Å². The first kappa shape index (κ1) is 24.9. The molecule has 1 heterocycles. The molecular weight excluding hydrogens is 510 g/mol. The zero-order valence-corrected chi connectivity index (χ0v) is 19.3. The number of benzene rings is 3. The molecule has 0 saturated carbocycles. The summed E-state index contributed by atoms with van der Waals surface area (Å²) in [4.78, 5) is 12.8. The number of carbonyl (C=O) groups excluding carboxylic acids is 1. The van der Waals surface area contributed by atoms with Crippen LogP contribution in [0, 0.1) is 0 Å².